The molecule has 0 radical (unpaired) electrons. The third-order valence-electron chi connectivity index (χ3n) is 2.25. The van der Waals surface area contributed by atoms with Crippen LogP contribution in [-0.2, 0) is 4.79 Å². The zero-order valence-electron chi connectivity index (χ0n) is 9.53. The van der Waals surface area contributed by atoms with Crippen LogP contribution in [0.5, 0.6) is 0 Å². The Morgan fingerprint density at radius 2 is 2.06 bits per heavy atom. The van der Waals surface area contributed by atoms with Crippen molar-refractivity contribution in [2.24, 2.45) is 0 Å². The average Bonchev–Trinajstić information content (AvgIpc) is 2.29. The number of rotatable bonds is 4. The number of benzene rings is 1. The van der Waals surface area contributed by atoms with E-state index in [-0.39, 0.29) is 5.91 Å². The van der Waals surface area contributed by atoms with Gasteiger partial charge < -0.3 is 5.32 Å². The monoisotopic (exact) mass is 217 g/mol. The van der Waals surface area contributed by atoms with Crippen molar-refractivity contribution in [2.75, 3.05) is 25.5 Å². The number of likely N-dealkylation sites (N-methyl/N-ethyl adjacent to an activating group) is 1. The Kier molecular flexibility index (Phi) is 4.49. The van der Waals surface area contributed by atoms with E-state index >= 15 is 0 Å². The first-order chi connectivity index (χ1) is 7.65. The maximum absolute atomic E-state index is 11.5. The summed E-state index contributed by atoms with van der Waals surface area (Å²) in [6.07, 6.45) is 0. The largest absolute Gasteiger partial charge is 0.325 e. The number of carbonyl (C=O) groups is 1. The number of amides is 1. The molecule has 0 atom stereocenters. The number of nitrogens with one attached hydrogen (secondary N) is 1. The van der Waals surface area contributed by atoms with Crippen LogP contribution >= 0.6 is 0 Å². The maximum atomic E-state index is 11.5. The highest BCUT2D eigenvalue weighted by molar-refractivity contribution is 5.92. The van der Waals surface area contributed by atoms with Crippen LogP contribution in [0.2, 0.25) is 0 Å². The van der Waals surface area contributed by atoms with Crippen LogP contribution in [0.3, 0.4) is 0 Å². The van der Waals surface area contributed by atoms with Crippen molar-refractivity contribution in [3.63, 3.8) is 0 Å². The van der Waals surface area contributed by atoms with Crippen molar-refractivity contribution >= 4 is 11.6 Å². The fourth-order valence-corrected chi connectivity index (χ4v) is 1.19. The molecule has 4 heteroatoms. The Bertz CT molecular complexity index is 392. The van der Waals surface area contributed by atoms with Crippen molar-refractivity contribution in [3.05, 3.63) is 29.8 Å². The van der Waals surface area contributed by atoms with Crippen LogP contribution in [0.4, 0.5) is 5.69 Å². The molecule has 1 amide bonds. The average molecular weight is 217 g/mol. The summed E-state index contributed by atoms with van der Waals surface area (Å²) in [6, 6.07) is 8.84. The highest BCUT2D eigenvalue weighted by Gasteiger charge is 2.04. The van der Waals surface area contributed by atoms with E-state index in [1.807, 2.05) is 24.9 Å². The van der Waals surface area contributed by atoms with Gasteiger partial charge in [0.2, 0.25) is 5.91 Å². The molecule has 0 aliphatic heterocycles. The fraction of sp³-hybridized carbons (Fsp3) is 0.333. The lowest BCUT2D eigenvalue weighted by atomic mass is 10.2. The topological polar surface area (TPSA) is 56.1 Å². The highest BCUT2D eigenvalue weighted by Crippen LogP contribution is 2.08. The lowest BCUT2D eigenvalue weighted by Crippen LogP contribution is -2.29. The molecule has 0 heterocycles. The smallest absolute Gasteiger partial charge is 0.238 e. The highest BCUT2D eigenvalue weighted by atomic mass is 16.2. The molecule has 0 aliphatic carbocycles. The summed E-state index contributed by atoms with van der Waals surface area (Å²) in [5, 5.41) is 11.4. The SMILES string of the molecule is CCN(C)CC(=O)Nc1ccc(C#N)cc1. The summed E-state index contributed by atoms with van der Waals surface area (Å²) in [4.78, 5) is 13.4. The van der Waals surface area contributed by atoms with Crippen molar-refractivity contribution in [1.29, 1.82) is 5.26 Å². The van der Waals surface area contributed by atoms with E-state index in [0.29, 0.717) is 17.8 Å². The minimum atomic E-state index is -0.0472. The molecule has 1 rings (SSSR count). The predicted octanol–water partition coefficient (Wildman–Crippen LogP) is 1.45. The van der Waals surface area contributed by atoms with Crippen molar-refractivity contribution in [1.82, 2.24) is 4.90 Å². The molecule has 0 aliphatic rings. The quantitative estimate of drug-likeness (QED) is 0.830. The molecule has 1 aromatic rings. The van der Waals surface area contributed by atoms with Crippen molar-refractivity contribution < 1.29 is 4.79 Å². The number of hydrogen-bond donors (Lipinski definition) is 1. The van der Waals surface area contributed by atoms with Gasteiger partial charge >= 0.3 is 0 Å². The third-order valence-corrected chi connectivity index (χ3v) is 2.25. The van der Waals surface area contributed by atoms with Gasteiger partial charge in [0.15, 0.2) is 0 Å². The molecule has 0 spiro atoms. The molecule has 0 aromatic heterocycles. The standard InChI is InChI=1S/C12H15N3O/c1-3-15(2)9-12(16)14-11-6-4-10(8-13)5-7-11/h4-7H,3,9H2,1-2H3,(H,14,16). The molecule has 0 bridgehead atoms. The summed E-state index contributed by atoms with van der Waals surface area (Å²) < 4.78 is 0. The zero-order valence-corrected chi connectivity index (χ0v) is 9.53. The van der Waals surface area contributed by atoms with E-state index in [4.69, 9.17) is 5.26 Å². The molecule has 84 valence electrons. The first kappa shape index (κ1) is 12.2. The Morgan fingerprint density at radius 1 is 1.44 bits per heavy atom. The van der Waals surface area contributed by atoms with Crippen LogP contribution in [0.15, 0.2) is 24.3 Å². The second-order valence-electron chi connectivity index (χ2n) is 3.57. The van der Waals surface area contributed by atoms with Crippen molar-refractivity contribution in [2.45, 2.75) is 6.92 Å². The van der Waals surface area contributed by atoms with Gasteiger partial charge in [-0.3, -0.25) is 9.69 Å². The van der Waals surface area contributed by atoms with Gasteiger partial charge in [0.05, 0.1) is 18.2 Å². The second kappa shape index (κ2) is 5.89. The number of hydrogen-bond acceptors (Lipinski definition) is 3. The number of nitriles is 1. The number of nitrogens with zero attached hydrogens (tertiary/aromatic N) is 2. The van der Waals surface area contributed by atoms with Gasteiger partial charge in [-0.25, -0.2) is 0 Å². The van der Waals surface area contributed by atoms with Gasteiger partial charge in [-0.2, -0.15) is 5.26 Å². The predicted molar refractivity (Wildman–Crippen MR) is 63.0 cm³/mol. The molecule has 1 aromatic carbocycles. The normalized spacial score (nSPS) is 9.88. The van der Waals surface area contributed by atoms with Gasteiger partial charge in [-0.05, 0) is 37.9 Å². The Labute approximate surface area is 95.5 Å². The van der Waals surface area contributed by atoms with E-state index in [1.54, 1.807) is 24.3 Å². The van der Waals surface area contributed by atoms with Crippen LogP contribution in [-0.4, -0.2) is 30.9 Å². The molecule has 0 fully saturated rings. The van der Waals surface area contributed by atoms with Crippen LogP contribution < -0.4 is 5.32 Å². The van der Waals surface area contributed by atoms with Gasteiger partial charge in [0, 0.05) is 5.69 Å². The maximum Gasteiger partial charge on any atom is 0.238 e. The molecular weight excluding hydrogens is 202 g/mol. The summed E-state index contributed by atoms with van der Waals surface area (Å²) >= 11 is 0. The van der Waals surface area contributed by atoms with Crippen LogP contribution in [0.1, 0.15) is 12.5 Å². The summed E-state index contributed by atoms with van der Waals surface area (Å²) in [6.45, 7) is 3.20. The van der Waals surface area contributed by atoms with Crippen molar-refractivity contribution in [3.8, 4) is 6.07 Å². The molecular formula is C12H15N3O. The molecule has 0 saturated carbocycles. The minimum Gasteiger partial charge on any atom is -0.325 e. The summed E-state index contributed by atoms with van der Waals surface area (Å²) in [7, 11) is 1.89. The summed E-state index contributed by atoms with van der Waals surface area (Å²) in [5.41, 5.74) is 1.30. The fourth-order valence-electron chi connectivity index (χ4n) is 1.19. The van der Waals surface area contributed by atoms with E-state index in [2.05, 4.69) is 5.32 Å². The van der Waals surface area contributed by atoms with Gasteiger partial charge in [0.25, 0.3) is 0 Å². The van der Waals surface area contributed by atoms with Gasteiger partial charge in [0.1, 0.15) is 0 Å². The number of anilines is 1. The molecule has 16 heavy (non-hydrogen) atoms. The lowest BCUT2D eigenvalue weighted by molar-refractivity contribution is -0.117. The van der Waals surface area contributed by atoms with Gasteiger partial charge in [-0.15, -0.1) is 0 Å². The van der Waals surface area contributed by atoms with E-state index in [1.165, 1.54) is 0 Å². The molecule has 1 N–H and O–H groups in total. The second-order valence-corrected chi connectivity index (χ2v) is 3.57. The Morgan fingerprint density at radius 3 is 2.56 bits per heavy atom. The molecule has 0 saturated heterocycles. The Hall–Kier alpha value is -1.86. The Balaban J connectivity index is 2.53. The van der Waals surface area contributed by atoms with E-state index < -0.39 is 0 Å². The van der Waals surface area contributed by atoms with Crippen LogP contribution in [0.25, 0.3) is 0 Å². The van der Waals surface area contributed by atoms with Gasteiger partial charge in [-0.1, -0.05) is 6.92 Å². The molecule has 0 unspecified atom stereocenters. The van der Waals surface area contributed by atoms with E-state index in [0.717, 1.165) is 6.54 Å². The lowest BCUT2D eigenvalue weighted by Gasteiger charge is -2.13. The summed E-state index contributed by atoms with van der Waals surface area (Å²) in [5.74, 6) is -0.0472. The first-order valence-electron chi connectivity index (χ1n) is 5.14. The minimum absolute atomic E-state index is 0.0472. The first-order valence-corrected chi connectivity index (χ1v) is 5.14. The number of carbonyl (C=O) groups excluding carboxylic acids is 1. The third kappa shape index (κ3) is 3.71. The van der Waals surface area contributed by atoms with E-state index in [9.17, 15) is 4.79 Å². The molecule has 4 nitrogen and oxygen atoms in total. The zero-order chi connectivity index (χ0) is 12.0. The van der Waals surface area contributed by atoms with Crippen LogP contribution in [0, 0.1) is 11.3 Å².